The lowest BCUT2D eigenvalue weighted by molar-refractivity contribution is 0.413. The largest absolute Gasteiger partial charge is 0.368 e. The number of aromatic nitrogens is 2. The number of nitrogens with two attached hydrogens (primary N) is 1. The molecule has 1 unspecified atom stereocenters. The zero-order chi connectivity index (χ0) is 10.8. The molecule has 3 N–H and O–H groups in total. The van der Waals surface area contributed by atoms with Crippen LogP contribution < -0.4 is 11.1 Å². The van der Waals surface area contributed by atoms with E-state index in [1.807, 2.05) is 7.05 Å². The van der Waals surface area contributed by atoms with E-state index in [0.29, 0.717) is 0 Å². The second-order valence-corrected chi connectivity index (χ2v) is 3.82. The molecule has 1 aliphatic rings. The fourth-order valence-electron chi connectivity index (χ4n) is 1.73. The molecule has 2 rings (SSSR count). The molecule has 0 radical (unpaired) electrons. The van der Waals surface area contributed by atoms with Crippen LogP contribution in [0.2, 0.25) is 0 Å². The summed E-state index contributed by atoms with van der Waals surface area (Å²) in [4.78, 5) is 9.57. The Bertz CT molecular complexity index is 356. The average Bonchev–Trinajstić information content (AvgIpc) is 2.58. The van der Waals surface area contributed by atoms with Gasteiger partial charge in [0.15, 0.2) is 11.6 Å². The van der Waals surface area contributed by atoms with Crippen LogP contribution in [0.4, 0.5) is 16.2 Å². The summed E-state index contributed by atoms with van der Waals surface area (Å²) >= 11 is 0. The lowest BCUT2D eigenvalue weighted by atomic mass is 10.2. The van der Waals surface area contributed by atoms with E-state index in [1.54, 1.807) is 0 Å². The Morgan fingerprint density at radius 1 is 1.67 bits per heavy atom. The molecule has 0 aromatic carbocycles. The van der Waals surface area contributed by atoms with Crippen LogP contribution in [-0.4, -0.2) is 41.0 Å². The molecule has 0 aliphatic carbocycles. The van der Waals surface area contributed by atoms with Crippen LogP contribution in [0.15, 0.2) is 6.20 Å². The molecule has 82 valence electrons. The highest BCUT2D eigenvalue weighted by Crippen LogP contribution is 2.15. The number of likely N-dealkylation sites (N-methyl/N-ethyl adjacent to an activating group) is 1. The zero-order valence-electron chi connectivity index (χ0n) is 8.57. The predicted octanol–water partition coefficient (Wildman–Crippen LogP) is 0.314. The maximum Gasteiger partial charge on any atom is 0.222 e. The molecule has 6 heteroatoms. The van der Waals surface area contributed by atoms with Gasteiger partial charge in [-0.3, -0.25) is 0 Å². The Kier molecular flexibility index (Phi) is 2.68. The Morgan fingerprint density at radius 3 is 3.13 bits per heavy atom. The van der Waals surface area contributed by atoms with Crippen molar-refractivity contribution >= 4 is 11.8 Å². The van der Waals surface area contributed by atoms with E-state index >= 15 is 0 Å². The normalized spacial score (nSPS) is 21.9. The maximum atomic E-state index is 13.3. The van der Waals surface area contributed by atoms with Crippen molar-refractivity contribution in [2.24, 2.45) is 0 Å². The van der Waals surface area contributed by atoms with Crippen LogP contribution in [0.1, 0.15) is 6.42 Å². The van der Waals surface area contributed by atoms with E-state index in [2.05, 4.69) is 20.2 Å². The van der Waals surface area contributed by atoms with Crippen molar-refractivity contribution < 1.29 is 4.39 Å². The number of anilines is 2. The van der Waals surface area contributed by atoms with Crippen molar-refractivity contribution in [3.05, 3.63) is 12.0 Å². The van der Waals surface area contributed by atoms with Gasteiger partial charge in [-0.25, -0.2) is 9.37 Å². The summed E-state index contributed by atoms with van der Waals surface area (Å²) in [7, 11) is 2.03. The predicted molar refractivity (Wildman–Crippen MR) is 55.9 cm³/mol. The third-order valence-corrected chi connectivity index (χ3v) is 2.49. The van der Waals surface area contributed by atoms with Crippen molar-refractivity contribution in [3.63, 3.8) is 0 Å². The summed E-state index contributed by atoms with van der Waals surface area (Å²) in [5.41, 5.74) is 5.39. The highest BCUT2D eigenvalue weighted by Gasteiger charge is 2.20. The molecule has 0 amide bonds. The number of likely N-dealkylation sites (tertiary alicyclic amines) is 1. The minimum absolute atomic E-state index is 0.0882. The first-order valence-electron chi connectivity index (χ1n) is 4.88. The van der Waals surface area contributed by atoms with E-state index < -0.39 is 5.82 Å². The number of halogens is 1. The number of nitrogens with zero attached hydrogens (tertiary/aromatic N) is 3. The van der Waals surface area contributed by atoms with Crippen LogP contribution >= 0.6 is 0 Å². The molecular weight excluding hydrogens is 197 g/mol. The second kappa shape index (κ2) is 3.98. The van der Waals surface area contributed by atoms with Crippen molar-refractivity contribution in [3.8, 4) is 0 Å². The molecule has 0 spiro atoms. The third-order valence-electron chi connectivity index (χ3n) is 2.49. The first-order valence-corrected chi connectivity index (χ1v) is 4.88. The van der Waals surface area contributed by atoms with Crippen molar-refractivity contribution in [1.29, 1.82) is 0 Å². The van der Waals surface area contributed by atoms with Crippen molar-refractivity contribution in [2.45, 2.75) is 12.5 Å². The maximum absolute atomic E-state index is 13.3. The standard InChI is InChI=1S/C9H14FN5/c1-15-3-2-6(5-15)13-8-7(10)4-12-9(11)14-8/h4,6H,2-3,5H2,1H3,(H3,11,12,13,14). The molecule has 5 nitrogen and oxygen atoms in total. The van der Waals surface area contributed by atoms with E-state index in [-0.39, 0.29) is 17.8 Å². The van der Waals surface area contributed by atoms with Crippen LogP contribution in [0.25, 0.3) is 0 Å². The van der Waals surface area contributed by atoms with Gasteiger partial charge in [0.05, 0.1) is 6.20 Å². The van der Waals surface area contributed by atoms with Crippen molar-refractivity contribution in [1.82, 2.24) is 14.9 Å². The van der Waals surface area contributed by atoms with Gasteiger partial charge in [-0.05, 0) is 20.0 Å². The molecular formula is C9H14FN5. The molecule has 1 saturated heterocycles. The summed E-state index contributed by atoms with van der Waals surface area (Å²) < 4.78 is 13.3. The van der Waals surface area contributed by atoms with Gasteiger partial charge in [-0.15, -0.1) is 0 Å². The Hall–Kier alpha value is -1.43. The fraction of sp³-hybridized carbons (Fsp3) is 0.556. The first kappa shape index (κ1) is 10.1. The number of nitrogens with one attached hydrogen (secondary N) is 1. The second-order valence-electron chi connectivity index (χ2n) is 3.82. The summed E-state index contributed by atoms with van der Waals surface area (Å²) in [5.74, 6) is -0.174. The number of nitrogen functional groups attached to an aromatic ring is 1. The van der Waals surface area contributed by atoms with Crippen LogP contribution in [0.3, 0.4) is 0 Å². The minimum Gasteiger partial charge on any atom is -0.368 e. The van der Waals surface area contributed by atoms with Gasteiger partial charge in [0.2, 0.25) is 5.95 Å². The fourth-order valence-corrected chi connectivity index (χ4v) is 1.73. The molecule has 1 aromatic heterocycles. The van der Waals surface area contributed by atoms with Gasteiger partial charge >= 0.3 is 0 Å². The van der Waals surface area contributed by atoms with E-state index in [1.165, 1.54) is 0 Å². The molecule has 2 heterocycles. The minimum atomic E-state index is -0.459. The van der Waals surface area contributed by atoms with Crippen LogP contribution in [0, 0.1) is 5.82 Å². The number of hydrogen-bond donors (Lipinski definition) is 2. The monoisotopic (exact) mass is 211 g/mol. The topological polar surface area (TPSA) is 67.1 Å². The van der Waals surface area contributed by atoms with Crippen LogP contribution in [-0.2, 0) is 0 Å². The zero-order valence-corrected chi connectivity index (χ0v) is 8.57. The molecule has 1 fully saturated rings. The number of rotatable bonds is 2. The highest BCUT2D eigenvalue weighted by molar-refractivity contribution is 5.40. The van der Waals surface area contributed by atoms with Gasteiger partial charge in [-0.1, -0.05) is 0 Å². The summed E-state index contributed by atoms with van der Waals surface area (Å²) in [6.45, 7) is 1.91. The Balaban J connectivity index is 2.07. The average molecular weight is 211 g/mol. The summed E-state index contributed by atoms with van der Waals surface area (Å²) in [5, 5.41) is 3.03. The Morgan fingerprint density at radius 2 is 2.47 bits per heavy atom. The van der Waals surface area contributed by atoms with E-state index in [9.17, 15) is 4.39 Å². The number of hydrogen-bond acceptors (Lipinski definition) is 5. The molecule has 0 bridgehead atoms. The summed E-state index contributed by atoms with van der Waals surface area (Å²) in [6, 6.07) is 0.235. The SMILES string of the molecule is CN1CCC(Nc2nc(N)ncc2F)C1. The van der Waals surface area contributed by atoms with Gasteiger partial charge in [0, 0.05) is 12.6 Å². The molecule has 1 aromatic rings. The van der Waals surface area contributed by atoms with Gasteiger partial charge in [-0.2, -0.15) is 4.98 Å². The molecule has 1 aliphatic heterocycles. The van der Waals surface area contributed by atoms with E-state index in [0.717, 1.165) is 25.7 Å². The lowest BCUT2D eigenvalue weighted by Gasteiger charge is -2.13. The molecule has 0 saturated carbocycles. The first-order chi connectivity index (χ1) is 7.15. The van der Waals surface area contributed by atoms with E-state index in [4.69, 9.17) is 5.73 Å². The smallest absolute Gasteiger partial charge is 0.222 e. The lowest BCUT2D eigenvalue weighted by Crippen LogP contribution is -2.24. The van der Waals surface area contributed by atoms with Crippen LogP contribution in [0.5, 0.6) is 0 Å². The summed E-state index contributed by atoms with van der Waals surface area (Å²) in [6.07, 6.45) is 2.07. The van der Waals surface area contributed by atoms with Gasteiger partial charge < -0.3 is 16.0 Å². The van der Waals surface area contributed by atoms with Gasteiger partial charge in [0.1, 0.15) is 0 Å². The Labute approximate surface area is 87.5 Å². The quantitative estimate of drug-likeness (QED) is 0.737. The van der Waals surface area contributed by atoms with Crippen molar-refractivity contribution in [2.75, 3.05) is 31.2 Å². The van der Waals surface area contributed by atoms with Gasteiger partial charge in [0.25, 0.3) is 0 Å². The highest BCUT2D eigenvalue weighted by atomic mass is 19.1. The molecule has 15 heavy (non-hydrogen) atoms. The molecule has 1 atom stereocenters. The third kappa shape index (κ3) is 2.33.